The van der Waals surface area contributed by atoms with Gasteiger partial charge in [0, 0.05) is 10.4 Å². The largest absolute Gasteiger partial charge is 0.493 e. The summed E-state index contributed by atoms with van der Waals surface area (Å²) in [6, 6.07) is 15.0. The number of anilines is 1. The number of nitrogens with one attached hydrogen (secondary N) is 1. The molecule has 0 radical (unpaired) electrons. The number of amides is 1. The fourth-order valence-corrected chi connectivity index (χ4v) is 3.64. The summed E-state index contributed by atoms with van der Waals surface area (Å²) in [5.74, 6) is 0.722. The first-order valence-electron chi connectivity index (χ1n) is 9.71. The maximum atomic E-state index is 12.5. The van der Waals surface area contributed by atoms with E-state index < -0.39 is 5.91 Å². The molecule has 0 bridgehead atoms. The third kappa shape index (κ3) is 6.15. The van der Waals surface area contributed by atoms with E-state index in [1.165, 1.54) is 24.5 Å². The lowest BCUT2D eigenvalue weighted by molar-refractivity contribution is -0.112. The van der Waals surface area contributed by atoms with Crippen molar-refractivity contribution in [2.45, 2.75) is 26.4 Å². The zero-order valence-electron chi connectivity index (χ0n) is 17.8. The van der Waals surface area contributed by atoms with Crippen LogP contribution < -0.4 is 14.8 Å². The van der Waals surface area contributed by atoms with Gasteiger partial charge in [0.25, 0.3) is 5.91 Å². The van der Waals surface area contributed by atoms with Crippen molar-refractivity contribution in [1.82, 2.24) is 10.2 Å². The molecule has 1 heterocycles. The van der Waals surface area contributed by atoms with Gasteiger partial charge in [-0.25, -0.2) is 0 Å². The van der Waals surface area contributed by atoms with E-state index in [-0.39, 0.29) is 11.5 Å². The molecule has 0 fully saturated rings. The Bertz CT molecular complexity index is 1170. The van der Waals surface area contributed by atoms with Crippen LogP contribution in [0.2, 0.25) is 0 Å². The summed E-state index contributed by atoms with van der Waals surface area (Å²) in [5, 5.41) is 21.2. The molecule has 1 amide bonds. The first kappa shape index (κ1) is 23.4. The Morgan fingerprint density at radius 3 is 2.59 bits per heavy atom. The first-order chi connectivity index (χ1) is 15.4. The molecule has 7 nitrogen and oxygen atoms in total. The molecule has 1 aromatic heterocycles. The van der Waals surface area contributed by atoms with Gasteiger partial charge < -0.3 is 9.47 Å². The number of hydrogen-bond acceptors (Lipinski definition) is 7. The number of nitriles is 1. The van der Waals surface area contributed by atoms with E-state index in [0.29, 0.717) is 28.8 Å². The molecule has 32 heavy (non-hydrogen) atoms. The van der Waals surface area contributed by atoms with Gasteiger partial charge in [0.1, 0.15) is 23.3 Å². The normalized spacial score (nSPS) is 11.2. The van der Waals surface area contributed by atoms with E-state index in [0.717, 1.165) is 15.0 Å². The maximum Gasteiger partial charge on any atom is 0.268 e. The van der Waals surface area contributed by atoms with Gasteiger partial charge in [-0.3, -0.25) is 10.1 Å². The Kier molecular flexibility index (Phi) is 7.98. The lowest BCUT2D eigenvalue weighted by atomic mass is 10.1. The molecular weight excluding hydrogens is 492 g/mol. The van der Waals surface area contributed by atoms with E-state index in [1.807, 2.05) is 44.2 Å². The van der Waals surface area contributed by atoms with Gasteiger partial charge in [0.2, 0.25) is 5.13 Å². The van der Waals surface area contributed by atoms with Gasteiger partial charge in [-0.1, -0.05) is 59.3 Å². The van der Waals surface area contributed by atoms with Crippen LogP contribution in [-0.4, -0.2) is 23.2 Å². The van der Waals surface area contributed by atoms with Crippen LogP contribution in [0.1, 0.15) is 35.9 Å². The highest BCUT2D eigenvalue weighted by atomic mass is 79.9. The smallest absolute Gasteiger partial charge is 0.268 e. The first-order valence-corrected chi connectivity index (χ1v) is 11.3. The Hall–Kier alpha value is -3.22. The molecule has 0 unspecified atom stereocenters. The number of carbonyl (C=O) groups excluding carboxylic acids is 1. The third-order valence-corrected chi connectivity index (χ3v) is 5.99. The highest BCUT2D eigenvalue weighted by molar-refractivity contribution is 9.10. The van der Waals surface area contributed by atoms with Crippen molar-refractivity contribution in [3.8, 4) is 17.6 Å². The molecule has 0 aliphatic carbocycles. The number of halogens is 1. The van der Waals surface area contributed by atoms with E-state index >= 15 is 0 Å². The van der Waals surface area contributed by atoms with Gasteiger partial charge in [-0.15, -0.1) is 10.2 Å². The Morgan fingerprint density at radius 2 is 1.97 bits per heavy atom. The SMILES string of the molecule is COc1cc(/C=C(/C#N)C(=O)Nc2nnc(C(C)C)s2)ccc1OCc1ccc(Br)cc1. The predicted octanol–water partition coefficient (Wildman–Crippen LogP) is 5.56. The summed E-state index contributed by atoms with van der Waals surface area (Å²) in [6.45, 7) is 4.36. The highest BCUT2D eigenvalue weighted by Crippen LogP contribution is 2.30. The molecule has 1 N–H and O–H groups in total. The van der Waals surface area contributed by atoms with Crippen LogP contribution in [0.15, 0.2) is 52.5 Å². The quantitative estimate of drug-likeness (QED) is 0.313. The molecule has 0 saturated heterocycles. The van der Waals surface area contributed by atoms with Gasteiger partial charge in [0.15, 0.2) is 11.5 Å². The number of ether oxygens (including phenoxy) is 2. The van der Waals surface area contributed by atoms with Crippen LogP contribution in [0.4, 0.5) is 5.13 Å². The second-order valence-corrected chi connectivity index (χ2v) is 8.97. The Morgan fingerprint density at radius 1 is 1.22 bits per heavy atom. The van der Waals surface area contributed by atoms with Crippen molar-refractivity contribution in [3.05, 3.63) is 68.6 Å². The molecule has 9 heteroatoms. The van der Waals surface area contributed by atoms with Crippen LogP contribution in [0, 0.1) is 11.3 Å². The van der Waals surface area contributed by atoms with E-state index in [4.69, 9.17) is 9.47 Å². The zero-order valence-corrected chi connectivity index (χ0v) is 20.2. The monoisotopic (exact) mass is 512 g/mol. The molecule has 164 valence electrons. The number of methoxy groups -OCH3 is 1. The number of benzene rings is 2. The number of aromatic nitrogens is 2. The van der Waals surface area contributed by atoms with Crippen molar-refractivity contribution >= 4 is 44.4 Å². The van der Waals surface area contributed by atoms with Crippen molar-refractivity contribution in [3.63, 3.8) is 0 Å². The summed E-state index contributed by atoms with van der Waals surface area (Å²) in [4.78, 5) is 12.5. The molecule has 0 atom stereocenters. The molecule has 3 aromatic rings. The minimum Gasteiger partial charge on any atom is -0.493 e. The fourth-order valence-electron chi connectivity index (χ4n) is 2.63. The molecule has 2 aromatic carbocycles. The fraction of sp³-hybridized carbons (Fsp3) is 0.217. The summed E-state index contributed by atoms with van der Waals surface area (Å²) in [6.07, 6.45) is 1.49. The van der Waals surface area contributed by atoms with Crippen LogP contribution in [-0.2, 0) is 11.4 Å². The topological polar surface area (TPSA) is 97.1 Å². The number of nitrogens with zero attached hydrogens (tertiary/aromatic N) is 3. The minimum atomic E-state index is -0.548. The average molecular weight is 513 g/mol. The summed E-state index contributed by atoms with van der Waals surface area (Å²) in [5.41, 5.74) is 1.58. The zero-order chi connectivity index (χ0) is 23.1. The number of rotatable bonds is 8. The summed E-state index contributed by atoms with van der Waals surface area (Å²) in [7, 11) is 1.54. The van der Waals surface area contributed by atoms with Gasteiger partial charge in [-0.2, -0.15) is 5.26 Å². The Labute approximate surface area is 198 Å². The molecule has 0 aliphatic rings. The number of hydrogen-bond donors (Lipinski definition) is 1. The molecule has 0 saturated carbocycles. The maximum absolute atomic E-state index is 12.5. The van der Waals surface area contributed by atoms with Gasteiger partial charge >= 0.3 is 0 Å². The Balaban J connectivity index is 1.72. The van der Waals surface area contributed by atoms with Crippen LogP contribution >= 0.6 is 27.3 Å². The van der Waals surface area contributed by atoms with Crippen molar-refractivity contribution in [2.24, 2.45) is 0 Å². The molecule has 0 aliphatic heterocycles. The minimum absolute atomic E-state index is 0.0584. The van der Waals surface area contributed by atoms with Crippen molar-refractivity contribution in [2.75, 3.05) is 12.4 Å². The highest BCUT2D eigenvalue weighted by Gasteiger charge is 2.15. The standard InChI is InChI=1S/C23H21BrN4O3S/c1-14(2)22-27-28-23(32-22)26-21(29)17(12-25)10-16-6-9-19(20(11-16)30-3)31-13-15-4-7-18(24)8-5-15/h4-11,14H,13H2,1-3H3,(H,26,28,29)/b17-10-. The predicted molar refractivity (Wildman–Crippen MR) is 128 cm³/mol. The van der Waals surface area contributed by atoms with Crippen molar-refractivity contribution in [1.29, 1.82) is 5.26 Å². The molecule has 0 spiro atoms. The summed E-state index contributed by atoms with van der Waals surface area (Å²) < 4.78 is 12.3. The lowest BCUT2D eigenvalue weighted by Crippen LogP contribution is -2.13. The molecular formula is C23H21BrN4O3S. The molecule has 3 rings (SSSR count). The third-order valence-electron chi connectivity index (χ3n) is 4.33. The van der Waals surface area contributed by atoms with Crippen LogP contribution in [0.3, 0.4) is 0 Å². The van der Waals surface area contributed by atoms with E-state index in [1.54, 1.807) is 18.2 Å². The average Bonchev–Trinajstić information content (AvgIpc) is 3.26. The lowest BCUT2D eigenvalue weighted by Gasteiger charge is -2.11. The van der Waals surface area contributed by atoms with Gasteiger partial charge in [0.05, 0.1) is 7.11 Å². The van der Waals surface area contributed by atoms with E-state index in [9.17, 15) is 10.1 Å². The van der Waals surface area contributed by atoms with Crippen LogP contribution in [0.5, 0.6) is 11.5 Å². The van der Waals surface area contributed by atoms with Crippen LogP contribution in [0.25, 0.3) is 6.08 Å². The van der Waals surface area contributed by atoms with Gasteiger partial charge in [-0.05, 0) is 41.5 Å². The van der Waals surface area contributed by atoms with Crippen molar-refractivity contribution < 1.29 is 14.3 Å². The summed E-state index contributed by atoms with van der Waals surface area (Å²) >= 11 is 4.70. The second-order valence-electron chi connectivity index (χ2n) is 7.05. The second kappa shape index (κ2) is 10.9. The van der Waals surface area contributed by atoms with E-state index in [2.05, 4.69) is 31.4 Å². The number of carbonyl (C=O) groups is 1.